The van der Waals surface area contributed by atoms with Crippen molar-refractivity contribution in [3.05, 3.63) is 100 Å². The summed E-state index contributed by atoms with van der Waals surface area (Å²) in [6.07, 6.45) is 1.84. The minimum Gasteiger partial charge on any atom is -0.357 e. The highest BCUT2D eigenvalue weighted by molar-refractivity contribution is 7.92. The molecule has 39 heavy (non-hydrogen) atoms. The molecule has 0 radical (unpaired) electrons. The van der Waals surface area contributed by atoms with Crippen molar-refractivity contribution in [3.8, 4) is 0 Å². The molecule has 208 valence electrons. The van der Waals surface area contributed by atoms with Crippen molar-refractivity contribution in [2.75, 3.05) is 24.2 Å². The fourth-order valence-corrected chi connectivity index (χ4v) is 5.76. The Hall–Kier alpha value is -3.36. The van der Waals surface area contributed by atoms with Crippen LogP contribution in [0.4, 0.5) is 5.69 Å². The van der Waals surface area contributed by atoms with Gasteiger partial charge in [0.05, 0.1) is 11.9 Å². The molecule has 1 unspecified atom stereocenters. The molecule has 1 N–H and O–H groups in total. The lowest BCUT2D eigenvalue weighted by Crippen LogP contribution is -2.49. The van der Waals surface area contributed by atoms with Gasteiger partial charge < -0.3 is 10.2 Å². The Balaban J connectivity index is 1.86. The number of likely N-dealkylation sites (N-methyl/N-ethyl adjacent to an activating group) is 1. The summed E-state index contributed by atoms with van der Waals surface area (Å²) >= 11 is 6.25. The van der Waals surface area contributed by atoms with Gasteiger partial charge in [-0.3, -0.25) is 13.9 Å². The van der Waals surface area contributed by atoms with Crippen molar-refractivity contribution < 1.29 is 18.0 Å². The molecule has 0 saturated heterocycles. The first-order chi connectivity index (χ1) is 18.5. The second-order valence-electron chi connectivity index (χ2n) is 9.65. The molecule has 0 spiro atoms. The van der Waals surface area contributed by atoms with Crippen LogP contribution in [0.3, 0.4) is 0 Å². The predicted molar refractivity (Wildman–Crippen MR) is 157 cm³/mol. The standard InChI is InChI=1S/C30H36ClN3O4S/c1-22-11-8-14-25(19-22)21-33(28(30(36)32-3)20-24-12-6-5-7-13-24)29(35)17-10-18-34(39(4,37)38)27-16-9-15-26(31)23(27)2/h5-9,11-16,19,28H,10,17-18,20-21H2,1-4H3,(H,32,36). The number of carbonyl (C=O) groups is 2. The van der Waals surface area contributed by atoms with Crippen LogP contribution in [0.15, 0.2) is 72.8 Å². The summed E-state index contributed by atoms with van der Waals surface area (Å²) in [5.41, 5.74) is 4.05. The summed E-state index contributed by atoms with van der Waals surface area (Å²) in [5.74, 6) is -0.482. The van der Waals surface area contributed by atoms with E-state index < -0.39 is 16.1 Å². The molecule has 9 heteroatoms. The van der Waals surface area contributed by atoms with Crippen molar-refractivity contribution in [1.82, 2.24) is 10.2 Å². The highest BCUT2D eigenvalue weighted by Gasteiger charge is 2.30. The molecule has 0 fully saturated rings. The smallest absolute Gasteiger partial charge is 0.242 e. The molecular weight excluding hydrogens is 534 g/mol. The topological polar surface area (TPSA) is 86.8 Å². The number of benzene rings is 3. The zero-order valence-electron chi connectivity index (χ0n) is 22.9. The van der Waals surface area contributed by atoms with Crippen LogP contribution >= 0.6 is 11.6 Å². The molecule has 0 aromatic heterocycles. The SMILES string of the molecule is CNC(=O)C(Cc1ccccc1)N(Cc1cccc(C)c1)C(=O)CCCN(c1cccc(Cl)c1C)S(C)(=O)=O. The average molecular weight is 570 g/mol. The highest BCUT2D eigenvalue weighted by atomic mass is 35.5. The third-order valence-electron chi connectivity index (χ3n) is 6.61. The van der Waals surface area contributed by atoms with E-state index in [-0.39, 0.29) is 37.7 Å². The van der Waals surface area contributed by atoms with Crippen molar-refractivity contribution in [2.45, 2.75) is 45.7 Å². The van der Waals surface area contributed by atoms with Gasteiger partial charge in [-0.1, -0.05) is 77.8 Å². The van der Waals surface area contributed by atoms with Crippen molar-refractivity contribution in [3.63, 3.8) is 0 Å². The first-order valence-electron chi connectivity index (χ1n) is 12.8. The molecule has 2 amide bonds. The van der Waals surface area contributed by atoms with Gasteiger partial charge in [-0.25, -0.2) is 8.42 Å². The van der Waals surface area contributed by atoms with E-state index in [4.69, 9.17) is 11.6 Å². The maximum absolute atomic E-state index is 13.7. The van der Waals surface area contributed by atoms with Gasteiger partial charge in [-0.15, -0.1) is 0 Å². The number of nitrogens with zero attached hydrogens (tertiary/aromatic N) is 2. The number of carbonyl (C=O) groups excluding carboxylic acids is 2. The molecule has 0 heterocycles. The number of hydrogen-bond acceptors (Lipinski definition) is 4. The number of halogens is 1. The minimum atomic E-state index is -3.62. The number of hydrogen-bond donors (Lipinski definition) is 1. The van der Waals surface area contributed by atoms with E-state index in [2.05, 4.69) is 5.32 Å². The quantitative estimate of drug-likeness (QED) is 0.336. The Morgan fingerprint density at radius 2 is 1.62 bits per heavy atom. The normalized spacial score (nSPS) is 12.0. The van der Waals surface area contributed by atoms with E-state index in [0.717, 1.165) is 22.9 Å². The Morgan fingerprint density at radius 3 is 2.26 bits per heavy atom. The molecule has 0 aliphatic carbocycles. The number of aryl methyl sites for hydroxylation is 1. The summed E-state index contributed by atoms with van der Waals surface area (Å²) in [6, 6.07) is 21.8. The Labute approximate surface area is 236 Å². The van der Waals surface area contributed by atoms with Crippen LogP contribution in [0.25, 0.3) is 0 Å². The number of anilines is 1. The molecule has 3 rings (SSSR count). The Morgan fingerprint density at radius 1 is 0.949 bits per heavy atom. The predicted octanol–water partition coefficient (Wildman–Crippen LogP) is 4.89. The fraction of sp³-hybridized carbons (Fsp3) is 0.333. The van der Waals surface area contributed by atoms with Crippen LogP contribution in [0.5, 0.6) is 0 Å². The lowest BCUT2D eigenvalue weighted by Gasteiger charge is -2.32. The summed E-state index contributed by atoms with van der Waals surface area (Å²) in [4.78, 5) is 28.4. The van der Waals surface area contributed by atoms with Gasteiger partial charge in [0.25, 0.3) is 0 Å². The van der Waals surface area contributed by atoms with Gasteiger partial charge >= 0.3 is 0 Å². The molecule has 0 bridgehead atoms. The van der Waals surface area contributed by atoms with Crippen LogP contribution in [0, 0.1) is 13.8 Å². The van der Waals surface area contributed by atoms with Gasteiger partial charge in [0.2, 0.25) is 21.8 Å². The molecular formula is C30H36ClN3O4S. The summed E-state index contributed by atoms with van der Waals surface area (Å²) in [7, 11) is -2.06. The minimum absolute atomic E-state index is 0.0692. The zero-order valence-corrected chi connectivity index (χ0v) is 24.4. The lowest BCUT2D eigenvalue weighted by molar-refractivity contribution is -0.141. The van der Waals surface area contributed by atoms with E-state index in [1.165, 1.54) is 4.31 Å². The van der Waals surface area contributed by atoms with Gasteiger partial charge in [0.1, 0.15) is 6.04 Å². The van der Waals surface area contributed by atoms with Crippen LogP contribution in [-0.4, -0.2) is 51.0 Å². The summed E-state index contributed by atoms with van der Waals surface area (Å²) in [5, 5.41) is 3.18. The van der Waals surface area contributed by atoms with E-state index >= 15 is 0 Å². The number of rotatable bonds is 12. The first-order valence-corrected chi connectivity index (χ1v) is 15.1. The highest BCUT2D eigenvalue weighted by Crippen LogP contribution is 2.28. The third-order valence-corrected chi connectivity index (χ3v) is 8.20. The first kappa shape index (κ1) is 30.2. The van der Waals surface area contributed by atoms with Crippen LogP contribution in [0.1, 0.15) is 35.1 Å². The van der Waals surface area contributed by atoms with Gasteiger partial charge in [-0.2, -0.15) is 0 Å². The van der Waals surface area contributed by atoms with Gasteiger partial charge in [0.15, 0.2) is 0 Å². The number of nitrogens with one attached hydrogen (secondary N) is 1. The molecule has 3 aromatic rings. The monoisotopic (exact) mass is 569 g/mol. The van der Waals surface area contributed by atoms with E-state index in [9.17, 15) is 18.0 Å². The van der Waals surface area contributed by atoms with E-state index in [1.807, 2.05) is 61.5 Å². The summed E-state index contributed by atoms with van der Waals surface area (Å²) < 4.78 is 26.6. The molecule has 0 saturated carbocycles. The van der Waals surface area contributed by atoms with Crippen molar-refractivity contribution in [2.24, 2.45) is 0 Å². The van der Waals surface area contributed by atoms with E-state index in [1.54, 1.807) is 37.1 Å². The van der Waals surface area contributed by atoms with Gasteiger partial charge in [-0.05, 0) is 49.1 Å². The lowest BCUT2D eigenvalue weighted by atomic mass is 10.0. The molecule has 1 atom stereocenters. The molecule has 0 aliphatic rings. The number of sulfonamides is 1. The van der Waals surface area contributed by atoms with Crippen molar-refractivity contribution in [1.29, 1.82) is 0 Å². The maximum Gasteiger partial charge on any atom is 0.242 e. The summed E-state index contributed by atoms with van der Waals surface area (Å²) in [6.45, 7) is 4.11. The maximum atomic E-state index is 13.7. The average Bonchev–Trinajstić information content (AvgIpc) is 2.90. The van der Waals surface area contributed by atoms with E-state index in [0.29, 0.717) is 22.7 Å². The second-order valence-corrected chi connectivity index (χ2v) is 12.0. The van der Waals surface area contributed by atoms with Gasteiger partial charge in [0, 0.05) is 38.0 Å². The zero-order chi connectivity index (χ0) is 28.6. The van der Waals surface area contributed by atoms with Crippen LogP contribution in [-0.2, 0) is 32.6 Å². The third kappa shape index (κ3) is 8.31. The Kier molecular flexibility index (Phi) is 10.5. The second kappa shape index (κ2) is 13.6. The molecule has 3 aromatic carbocycles. The molecule has 7 nitrogen and oxygen atoms in total. The Bertz CT molecular complexity index is 1400. The van der Waals surface area contributed by atoms with Crippen molar-refractivity contribution >= 4 is 39.1 Å². The fourth-order valence-electron chi connectivity index (χ4n) is 4.58. The van der Waals surface area contributed by atoms with Crippen LogP contribution < -0.4 is 9.62 Å². The van der Waals surface area contributed by atoms with Crippen LogP contribution in [0.2, 0.25) is 5.02 Å². The number of amides is 2. The molecule has 0 aliphatic heterocycles. The largest absolute Gasteiger partial charge is 0.357 e.